The summed E-state index contributed by atoms with van der Waals surface area (Å²) in [5.74, 6) is 0.115. The average Bonchev–Trinajstić information content (AvgIpc) is 1.55. The van der Waals surface area contributed by atoms with Crippen LogP contribution in [0.25, 0.3) is 0 Å². The van der Waals surface area contributed by atoms with Gasteiger partial charge in [-0.3, -0.25) is 0 Å². The van der Waals surface area contributed by atoms with E-state index in [0.29, 0.717) is 5.75 Å². The van der Waals surface area contributed by atoms with Crippen molar-refractivity contribution >= 4 is 21.9 Å². The smallest absolute Gasteiger partial charge is 0.748 e. The molecule has 0 N–H and O–H groups in total. The normalized spacial score (nSPS) is 12.3. The van der Waals surface area contributed by atoms with Crippen molar-refractivity contribution in [3.8, 4) is 0 Å². The van der Waals surface area contributed by atoms with Gasteiger partial charge in [0.05, 0.1) is 10.1 Å². The van der Waals surface area contributed by atoms with Crippen molar-refractivity contribution in [3.63, 3.8) is 0 Å². The maximum Gasteiger partial charge on any atom is 1.00 e. The Morgan fingerprint density at radius 1 is 1.33 bits per heavy atom. The van der Waals surface area contributed by atoms with Gasteiger partial charge in [0, 0.05) is 16.3 Å². The first-order valence-electron chi connectivity index (χ1n) is 3.28. The van der Waals surface area contributed by atoms with Crippen molar-refractivity contribution in [1.29, 1.82) is 0 Å². The number of hydrogen-bond acceptors (Lipinski definition) is 4. The molecule has 0 saturated heterocycles. The van der Waals surface area contributed by atoms with Gasteiger partial charge in [0.1, 0.15) is 0 Å². The molecule has 68 valence electrons. The van der Waals surface area contributed by atoms with Crippen LogP contribution < -0.4 is 29.6 Å². The van der Waals surface area contributed by atoms with Crippen LogP contribution in [0, 0.1) is 0 Å². The molecular formula is C6H13NaO3S2. The molecule has 0 heterocycles. The zero-order chi connectivity index (χ0) is 9.12. The summed E-state index contributed by atoms with van der Waals surface area (Å²) >= 11 is 1.48. The summed E-state index contributed by atoms with van der Waals surface area (Å²) in [4.78, 5) is 0. The third kappa shape index (κ3) is 13.8. The van der Waals surface area contributed by atoms with E-state index in [1.807, 2.05) is 20.8 Å². The van der Waals surface area contributed by atoms with Crippen LogP contribution in [-0.2, 0) is 10.1 Å². The zero-order valence-corrected chi connectivity index (χ0v) is 11.6. The molecule has 0 fully saturated rings. The number of hydrogen-bond donors (Lipinski definition) is 0. The molecule has 3 nitrogen and oxygen atoms in total. The Hall–Kier alpha value is 1.26. The maximum absolute atomic E-state index is 10.1. The molecule has 0 spiro atoms. The summed E-state index contributed by atoms with van der Waals surface area (Å²) in [5.41, 5.74) is 0. The van der Waals surface area contributed by atoms with Gasteiger partial charge in [0.25, 0.3) is 0 Å². The third-order valence-electron chi connectivity index (χ3n) is 0.868. The van der Waals surface area contributed by atoms with E-state index in [9.17, 15) is 13.0 Å². The van der Waals surface area contributed by atoms with E-state index in [4.69, 9.17) is 0 Å². The van der Waals surface area contributed by atoms with Crippen LogP contribution in [0.4, 0.5) is 0 Å². The summed E-state index contributed by atoms with van der Waals surface area (Å²) in [6.45, 7) is 5.94. The molecular weight excluding hydrogens is 207 g/mol. The van der Waals surface area contributed by atoms with Crippen LogP contribution in [-0.4, -0.2) is 29.2 Å². The SMILES string of the molecule is CC(C)(C)SCCS(=O)(=O)[O-].[Na+]. The Kier molecular flexibility index (Phi) is 7.70. The van der Waals surface area contributed by atoms with Crippen molar-refractivity contribution in [1.82, 2.24) is 0 Å². The Morgan fingerprint density at radius 3 is 2.00 bits per heavy atom. The monoisotopic (exact) mass is 220 g/mol. The Morgan fingerprint density at radius 2 is 1.75 bits per heavy atom. The quantitative estimate of drug-likeness (QED) is 0.410. The Labute approximate surface area is 101 Å². The van der Waals surface area contributed by atoms with Crippen LogP contribution >= 0.6 is 11.8 Å². The molecule has 0 atom stereocenters. The van der Waals surface area contributed by atoms with Gasteiger partial charge in [0.15, 0.2) is 0 Å². The van der Waals surface area contributed by atoms with E-state index in [1.54, 1.807) is 0 Å². The van der Waals surface area contributed by atoms with Crippen molar-refractivity contribution in [3.05, 3.63) is 0 Å². The molecule has 0 radical (unpaired) electrons. The second-order valence-electron chi connectivity index (χ2n) is 3.22. The summed E-state index contributed by atoms with van der Waals surface area (Å²) in [6, 6.07) is 0. The summed E-state index contributed by atoms with van der Waals surface area (Å²) < 4.78 is 30.5. The molecule has 0 aliphatic rings. The fourth-order valence-corrected chi connectivity index (χ4v) is 2.21. The van der Waals surface area contributed by atoms with Gasteiger partial charge in [-0.2, -0.15) is 11.8 Å². The van der Waals surface area contributed by atoms with Crippen molar-refractivity contribution in [2.45, 2.75) is 25.5 Å². The topological polar surface area (TPSA) is 57.2 Å². The zero-order valence-electron chi connectivity index (χ0n) is 7.96. The first-order valence-corrected chi connectivity index (χ1v) is 5.84. The van der Waals surface area contributed by atoms with Crippen LogP contribution in [0.5, 0.6) is 0 Å². The molecule has 0 aliphatic carbocycles. The van der Waals surface area contributed by atoms with E-state index < -0.39 is 10.1 Å². The molecule has 6 heteroatoms. The van der Waals surface area contributed by atoms with E-state index in [0.717, 1.165) is 0 Å². The van der Waals surface area contributed by atoms with Crippen molar-refractivity contribution in [2.75, 3.05) is 11.5 Å². The second kappa shape index (κ2) is 5.88. The predicted octanol–water partition coefficient (Wildman–Crippen LogP) is -1.93. The van der Waals surface area contributed by atoms with Crippen LogP contribution in [0.2, 0.25) is 0 Å². The Balaban J connectivity index is 0. The molecule has 0 amide bonds. The minimum absolute atomic E-state index is 0. The molecule has 0 saturated carbocycles. The second-order valence-corrected chi connectivity index (χ2v) is 6.67. The Bertz CT molecular complexity index is 205. The molecule has 0 aromatic rings. The van der Waals surface area contributed by atoms with Gasteiger partial charge >= 0.3 is 29.6 Å². The number of rotatable bonds is 3. The summed E-state index contributed by atoms with van der Waals surface area (Å²) in [7, 11) is -4.02. The van der Waals surface area contributed by atoms with Gasteiger partial charge in [0.2, 0.25) is 0 Å². The average molecular weight is 220 g/mol. The van der Waals surface area contributed by atoms with Gasteiger partial charge < -0.3 is 4.55 Å². The van der Waals surface area contributed by atoms with Gasteiger partial charge in [-0.25, -0.2) is 8.42 Å². The van der Waals surface area contributed by atoms with Crippen LogP contribution in [0.1, 0.15) is 20.8 Å². The summed E-state index contributed by atoms with van der Waals surface area (Å²) in [5, 5.41) is 0. The molecule has 0 rings (SSSR count). The molecule has 0 aromatic heterocycles. The minimum atomic E-state index is -4.02. The number of thioether (sulfide) groups is 1. The third-order valence-corrected chi connectivity index (χ3v) is 3.11. The molecule has 0 aliphatic heterocycles. The van der Waals surface area contributed by atoms with Crippen LogP contribution in [0.15, 0.2) is 0 Å². The van der Waals surface area contributed by atoms with Gasteiger partial charge in [-0.1, -0.05) is 20.8 Å². The fraction of sp³-hybridized carbons (Fsp3) is 1.00. The molecule has 12 heavy (non-hydrogen) atoms. The van der Waals surface area contributed by atoms with E-state index in [2.05, 4.69) is 0 Å². The fourth-order valence-electron chi connectivity index (χ4n) is 0.450. The predicted molar refractivity (Wildman–Crippen MR) is 46.8 cm³/mol. The molecule has 0 bridgehead atoms. The van der Waals surface area contributed by atoms with Crippen LogP contribution in [0.3, 0.4) is 0 Å². The van der Waals surface area contributed by atoms with Gasteiger partial charge in [-0.15, -0.1) is 0 Å². The summed E-state index contributed by atoms with van der Waals surface area (Å²) in [6.07, 6.45) is 0. The van der Waals surface area contributed by atoms with Crippen molar-refractivity contribution in [2.24, 2.45) is 0 Å². The standard InChI is InChI=1S/C6H14O3S2.Na/c1-6(2,3)10-4-5-11(7,8)9;/h4-5H2,1-3H3,(H,7,8,9);/q;+1/p-1. The largest absolute Gasteiger partial charge is 1.00 e. The molecule has 0 aromatic carbocycles. The van der Waals surface area contributed by atoms with E-state index >= 15 is 0 Å². The van der Waals surface area contributed by atoms with Crippen molar-refractivity contribution < 1.29 is 42.5 Å². The van der Waals surface area contributed by atoms with Gasteiger partial charge in [-0.05, 0) is 0 Å². The minimum Gasteiger partial charge on any atom is -0.748 e. The first-order chi connectivity index (χ1) is 4.71. The first kappa shape index (κ1) is 15.7. The van der Waals surface area contributed by atoms with E-state index in [-0.39, 0.29) is 40.1 Å². The molecule has 0 unspecified atom stereocenters. The van der Waals surface area contributed by atoms with E-state index in [1.165, 1.54) is 11.8 Å². The maximum atomic E-state index is 10.1.